The van der Waals surface area contributed by atoms with Gasteiger partial charge in [0.05, 0.1) is 7.11 Å². The van der Waals surface area contributed by atoms with E-state index in [1.807, 2.05) is 36.4 Å². The van der Waals surface area contributed by atoms with Crippen LogP contribution in [0.4, 0.5) is 0 Å². The van der Waals surface area contributed by atoms with E-state index in [9.17, 15) is 9.90 Å². The fourth-order valence-electron chi connectivity index (χ4n) is 2.28. The van der Waals surface area contributed by atoms with Gasteiger partial charge in [-0.1, -0.05) is 18.2 Å². The largest absolute Gasteiger partial charge is 0.507 e. The maximum Gasteiger partial charge on any atom is 0.142 e. The van der Waals surface area contributed by atoms with Gasteiger partial charge in [0.2, 0.25) is 0 Å². The number of aldehydes is 1. The maximum absolute atomic E-state index is 10.5. The Hall–Kier alpha value is -2.81. The van der Waals surface area contributed by atoms with E-state index in [2.05, 4.69) is 6.58 Å². The molecule has 1 N–H and O–H groups in total. The lowest BCUT2D eigenvalue weighted by atomic mass is 9.98. The summed E-state index contributed by atoms with van der Waals surface area (Å²) in [5.41, 5.74) is 3.45. The summed E-state index contributed by atoms with van der Waals surface area (Å²) in [6.45, 7) is 3.73. The van der Waals surface area contributed by atoms with Crippen LogP contribution in [0.1, 0.15) is 11.1 Å². The van der Waals surface area contributed by atoms with Crippen LogP contribution in [0.2, 0.25) is 0 Å². The number of phenolic OH excluding ortho intramolecular Hbond substituents is 1. The van der Waals surface area contributed by atoms with E-state index >= 15 is 0 Å². The average Bonchev–Trinajstić information content (AvgIpc) is 2.54. The average molecular weight is 294 g/mol. The molecule has 0 spiro atoms. The van der Waals surface area contributed by atoms with E-state index in [1.54, 1.807) is 19.3 Å². The lowest BCUT2D eigenvalue weighted by molar-refractivity contribution is -0.104. The van der Waals surface area contributed by atoms with Crippen molar-refractivity contribution in [3.05, 3.63) is 66.3 Å². The van der Waals surface area contributed by atoms with Crippen molar-refractivity contribution in [2.45, 2.75) is 6.42 Å². The van der Waals surface area contributed by atoms with Gasteiger partial charge < -0.3 is 9.84 Å². The molecule has 0 aliphatic carbocycles. The fraction of sp³-hybridized carbons (Fsp3) is 0.105. The van der Waals surface area contributed by atoms with Crippen molar-refractivity contribution in [2.75, 3.05) is 7.11 Å². The molecule has 0 aromatic heterocycles. The third kappa shape index (κ3) is 3.44. The van der Waals surface area contributed by atoms with Crippen molar-refractivity contribution >= 4 is 12.4 Å². The molecular weight excluding hydrogens is 276 g/mol. The van der Waals surface area contributed by atoms with Crippen LogP contribution < -0.4 is 4.74 Å². The maximum atomic E-state index is 10.5. The summed E-state index contributed by atoms with van der Waals surface area (Å²) in [6, 6.07) is 11.1. The normalized spacial score (nSPS) is 10.6. The van der Waals surface area contributed by atoms with Crippen LogP contribution in [-0.4, -0.2) is 18.5 Å². The van der Waals surface area contributed by atoms with Crippen LogP contribution >= 0.6 is 0 Å². The Morgan fingerprint density at radius 2 is 2.05 bits per heavy atom. The fourth-order valence-corrected chi connectivity index (χ4v) is 2.28. The molecule has 0 saturated carbocycles. The first kappa shape index (κ1) is 15.6. The number of allylic oxidation sites excluding steroid dienone is 2. The van der Waals surface area contributed by atoms with Crippen LogP contribution in [0, 0.1) is 0 Å². The van der Waals surface area contributed by atoms with Gasteiger partial charge in [-0.25, -0.2) is 0 Å². The first-order valence-corrected chi connectivity index (χ1v) is 6.92. The molecule has 0 bridgehead atoms. The summed E-state index contributed by atoms with van der Waals surface area (Å²) in [7, 11) is 1.58. The molecule has 0 aliphatic rings. The van der Waals surface area contributed by atoms with Gasteiger partial charge in [-0.3, -0.25) is 4.79 Å². The number of phenols is 1. The SMILES string of the molecule is C=CCc1ccc(O)c(-c2ccc(OC)c(C=CC=O)c2)c1. The van der Waals surface area contributed by atoms with E-state index in [0.717, 1.165) is 28.7 Å². The number of hydrogen-bond donors (Lipinski definition) is 1. The van der Waals surface area contributed by atoms with E-state index in [1.165, 1.54) is 6.08 Å². The van der Waals surface area contributed by atoms with Gasteiger partial charge in [-0.05, 0) is 54.0 Å². The molecule has 0 unspecified atom stereocenters. The van der Waals surface area contributed by atoms with Crippen LogP contribution in [0.15, 0.2) is 55.1 Å². The Labute approximate surface area is 130 Å². The highest BCUT2D eigenvalue weighted by Gasteiger charge is 2.08. The van der Waals surface area contributed by atoms with Crippen molar-refractivity contribution in [3.63, 3.8) is 0 Å². The monoisotopic (exact) mass is 294 g/mol. The molecule has 2 aromatic rings. The van der Waals surface area contributed by atoms with Gasteiger partial charge >= 0.3 is 0 Å². The number of hydrogen-bond acceptors (Lipinski definition) is 3. The molecule has 0 heterocycles. The van der Waals surface area contributed by atoms with Crippen molar-refractivity contribution in [1.82, 2.24) is 0 Å². The summed E-state index contributed by atoms with van der Waals surface area (Å²) in [6.07, 6.45) is 6.37. The topological polar surface area (TPSA) is 46.5 Å². The molecule has 2 aromatic carbocycles. The molecule has 0 saturated heterocycles. The number of carbonyl (C=O) groups is 1. The van der Waals surface area contributed by atoms with E-state index < -0.39 is 0 Å². The van der Waals surface area contributed by atoms with Gasteiger partial charge in [-0.15, -0.1) is 6.58 Å². The third-order valence-corrected chi connectivity index (χ3v) is 3.34. The molecule has 0 amide bonds. The number of carbonyl (C=O) groups excluding carboxylic acids is 1. The summed E-state index contributed by atoms with van der Waals surface area (Å²) >= 11 is 0. The molecule has 0 fully saturated rings. The molecule has 0 aliphatic heterocycles. The van der Waals surface area contributed by atoms with Crippen LogP contribution in [0.3, 0.4) is 0 Å². The van der Waals surface area contributed by atoms with Crippen molar-refractivity contribution in [1.29, 1.82) is 0 Å². The summed E-state index contributed by atoms with van der Waals surface area (Å²) in [4.78, 5) is 10.5. The van der Waals surface area contributed by atoms with E-state index in [0.29, 0.717) is 12.0 Å². The predicted molar refractivity (Wildman–Crippen MR) is 89.1 cm³/mol. The van der Waals surface area contributed by atoms with Crippen molar-refractivity contribution in [2.24, 2.45) is 0 Å². The first-order valence-electron chi connectivity index (χ1n) is 6.92. The van der Waals surface area contributed by atoms with Gasteiger partial charge in [0.1, 0.15) is 17.8 Å². The summed E-state index contributed by atoms with van der Waals surface area (Å²) < 4.78 is 5.28. The van der Waals surface area contributed by atoms with Gasteiger partial charge in [0, 0.05) is 11.1 Å². The second-order valence-electron chi connectivity index (χ2n) is 4.80. The predicted octanol–water partition coefficient (Wildman–Crippen LogP) is 4.01. The van der Waals surface area contributed by atoms with E-state index in [-0.39, 0.29) is 5.75 Å². The van der Waals surface area contributed by atoms with Crippen LogP contribution in [0.25, 0.3) is 17.2 Å². The zero-order valence-corrected chi connectivity index (χ0v) is 12.5. The molecule has 2 rings (SSSR count). The number of methoxy groups -OCH3 is 1. The first-order chi connectivity index (χ1) is 10.7. The van der Waals surface area contributed by atoms with Crippen LogP contribution in [-0.2, 0) is 11.2 Å². The van der Waals surface area contributed by atoms with Crippen molar-refractivity contribution in [3.8, 4) is 22.6 Å². The van der Waals surface area contributed by atoms with Gasteiger partial charge in [0.15, 0.2) is 0 Å². The lowest BCUT2D eigenvalue weighted by Gasteiger charge is -2.11. The van der Waals surface area contributed by atoms with Crippen LogP contribution in [0.5, 0.6) is 11.5 Å². The Bertz CT molecular complexity index is 715. The minimum Gasteiger partial charge on any atom is -0.507 e. The Morgan fingerprint density at radius 3 is 2.73 bits per heavy atom. The number of ether oxygens (including phenoxy) is 1. The minimum absolute atomic E-state index is 0.211. The smallest absolute Gasteiger partial charge is 0.142 e. The Morgan fingerprint density at radius 1 is 1.23 bits per heavy atom. The second kappa shape index (κ2) is 7.27. The zero-order valence-electron chi connectivity index (χ0n) is 12.5. The standard InChI is InChI=1S/C19H18O3/c1-3-5-14-7-9-18(21)17(12-14)15-8-10-19(22-2)16(13-15)6-4-11-20/h3-4,6-13,21H,1,5H2,2H3. The second-order valence-corrected chi connectivity index (χ2v) is 4.80. The van der Waals surface area contributed by atoms with Gasteiger partial charge in [0.25, 0.3) is 0 Å². The lowest BCUT2D eigenvalue weighted by Crippen LogP contribution is -1.90. The number of rotatable bonds is 6. The number of aromatic hydroxyl groups is 1. The minimum atomic E-state index is 0.211. The highest BCUT2D eigenvalue weighted by molar-refractivity contribution is 5.79. The molecule has 3 heteroatoms. The number of benzene rings is 2. The Kier molecular flexibility index (Phi) is 5.15. The molecule has 0 atom stereocenters. The summed E-state index contributed by atoms with van der Waals surface area (Å²) in [5.74, 6) is 0.881. The third-order valence-electron chi connectivity index (χ3n) is 3.34. The molecule has 0 radical (unpaired) electrons. The Balaban J connectivity index is 2.52. The zero-order chi connectivity index (χ0) is 15.9. The molecular formula is C19H18O3. The quantitative estimate of drug-likeness (QED) is 0.497. The molecule has 3 nitrogen and oxygen atoms in total. The highest BCUT2D eigenvalue weighted by atomic mass is 16.5. The van der Waals surface area contributed by atoms with Crippen molar-refractivity contribution < 1.29 is 14.6 Å². The molecule has 112 valence electrons. The summed E-state index contributed by atoms with van der Waals surface area (Å²) in [5, 5.41) is 10.1. The van der Waals surface area contributed by atoms with Gasteiger partial charge in [-0.2, -0.15) is 0 Å². The highest BCUT2D eigenvalue weighted by Crippen LogP contribution is 2.33. The molecule has 22 heavy (non-hydrogen) atoms. The van der Waals surface area contributed by atoms with E-state index in [4.69, 9.17) is 4.74 Å².